The number of hydrogen-bond acceptors (Lipinski definition) is 3. The maximum Gasteiger partial charge on any atom is 0.246 e. The molecular weight excluding hydrogens is 206 g/mol. The van der Waals surface area contributed by atoms with Crippen molar-refractivity contribution < 1.29 is 14.3 Å². The minimum atomic E-state index is -0.0438. The summed E-state index contributed by atoms with van der Waals surface area (Å²) in [6.07, 6.45) is 3.28. The van der Waals surface area contributed by atoms with E-state index in [0.29, 0.717) is 0 Å². The third kappa shape index (κ3) is 2.16. The van der Waals surface area contributed by atoms with Gasteiger partial charge in [-0.05, 0) is 23.8 Å². The summed E-state index contributed by atoms with van der Waals surface area (Å²) in [6.45, 7) is 0.263. The lowest BCUT2D eigenvalue weighted by Crippen LogP contribution is -2.18. The Morgan fingerprint density at radius 2 is 2.06 bits per heavy atom. The van der Waals surface area contributed by atoms with E-state index < -0.39 is 0 Å². The maximum absolute atomic E-state index is 11.3. The van der Waals surface area contributed by atoms with Crippen molar-refractivity contribution in [1.82, 2.24) is 4.90 Å². The van der Waals surface area contributed by atoms with Crippen LogP contribution in [0.1, 0.15) is 5.56 Å². The third-order valence-corrected chi connectivity index (χ3v) is 2.26. The first-order valence-corrected chi connectivity index (χ1v) is 4.96. The van der Waals surface area contributed by atoms with Gasteiger partial charge in [-0.1, -0.05) is 6.07 Å². The highest BCUT2D eigenvalue weighted by atomic mass is 16.7. The van der Waals surface area contributed by atoms with Gasteiger partial charge in [0.15, 0.2) is 11.5 Å². The van der Waals surface area contributed by atoms with Gasteiger partial charge in [0.25, 0.3) is 0 Å². The summed E-state index contributed by atoms with van der Waals surface area (Å²) in [4.78, 5) is 12.9. The number of nitrogens with zero attached hydrogens (tertiary/aromatic N) is 1. The standard InChI is InChI=1S/C12H13NO3/c1-13(2)12(14)6-4-9-3-5-10-11(7-9)16-8-15-10/h3-7H,8H2,1-2H3. The summed E-state index contributed by atoms with van der Waals surface area (Å²) < 4.78 is 10.4. The Kier molecular flexibility index (Phi) is 2.81. The predicted molar refractivity (Wildman–Crippen MR) is 60.3 cm³/mol. The third-order valence-electron chi connectivity index (χ3n) is 2.26. The molecule has 0 saturated carbocycles. The van der Waals surface area contributed by atoms with Crippen LogP contribution in [-0.4, -0.2) is 31.7 Å². The molecule has 1 heterocycles. The number of fused-ring (bicyclic) bond motifs is 1. The molecule has 0 spiro atoms. The van der Waals surface area contributed by atoms with Gasteiger partial charge in [-0.15, -0.1) is 0 Å². The maximum atomic E-state index is 11.3. The molecular formula is C12H13NO3. The van der Waals surface area contributed by atoms with Crippen LogP contribution in [0.5, 0.6) is 11.5 Å². The zero-order valence-corrected chi connectivity index (χ0v) is 9.27. The Morgan fingerprint density at radius 1 is 1.31 bits per heavy atom. The van der Waals surface area contributed by atoms with Gasteiger partial charge in [0.2, 0.25) is 12.7 Å². The first-order valence-electron chi connectivity index (χ1n) is 4.96. The van der Waals surface area contributed by atoms with Crippen molar-refractivity contribution in [3.05, 3.63) is 29.8 Å². The Balaban J connectivity index is 2.14. The second-order valence-electron chi connectivity index (χ2n) is 3.68. The lowest BCUT2D eigenvalue weighted by Gasteiger charge is -2.05. The first-order chi connectivity index (χ1) is 7.66. The number of benzene rings is 1. The Bertz CT molecular complexity index is 438. The van der Waals surface area contributed by atoms with Gasteiger partial charge in [-0.3, -0.25) is 4.79 Å². The molecule has 1 aliphatic rings. The van der Waals surface area contributed by atoms with Gasteiger partial charge < -0.3 is 14.4 Å². The summed E-state index contributed by atoms with van der Waals surface area (Å²) in [7, 11) is 3.43. The van der Waals surface area contributed by atoms with Gasteiger partial charge in [-0.25, -0.2) is 0 Å². The van der Waals surface area contributed by atoms with E-state index in [4.69, 9.17) is 9.47 Å². The number of amides is 1. The second kappa shape index (κ2) is 4.26. The molecule has 1 aromatic rings. The van der Waals surface area contributed by atoms with Crippen LogP contribution in [0.15, 0.2) is 24.3 Å². The average Bonchev–Trinajstić information content (AvgIpc) is 2.72. The molecule has 0 aromatic heterocycles. The number of carbonyl (C=O) groups is 1. The number of rotatable bonds is 2. The molecule has 0 atom stereocenters. The summed E-state index contributed by atoms with van der Waals surface area (Å²) in [6, 6.07) is 5.57. The molecule has 1 aliphatic heterocycles. The molecule has 1 amide bonds. The number of ether oxygens (including phenoxy) is 2. The van der Waals surface area contributed by atoms with Crippen molar-refractivity contribution in [1.29, 1.82) is 0 Å². The molecule has 0 unspecified atom stereocenters. The van der Waals surface area contributed by atoms with Gasteiger partial charge >= 0.3 is 0 Å². The second-order valence-corrected chi connectivity index (χ2v) is 3.68. The summed E-state index contributed by atoms with van der Waals surface area (Å²) in [5, 5.41) is 0. The smallest absolute Gasteiger partial charge is 0.246 e. The molecule has 0 N–H and O–H groups in total. The summed E-state index contributed by atoms with van der Waals surface area (Å²) in [5.41, 5.74) is 0.916. The quantitative estimate of drug-likeness (QED) is 0.708. The van der Waals surface area contributed by atoms with Gasteiger partial charge in [0, 0.05) is 20.2 Å². The lowest BCUT2D eigenvalue weighted by molar-refractivity contribution is -0.123. The Labute approximate surface area is 94.1 Å². The SMILES string of the molecule is CN(C)C(=O)C=Cc1ccc2c(c1)OCO2. The van der Waals surface area contributed by atoms with Gasteiger partial charge in [0.1, 0.15) is 0 Å². The molecule has 0 radical (unpaired) electrons. The highest BCUT2D eigenvalue weighted by Crippen LogP contribution is 2.32. The van der Waals surface area contributed by atoms with Crippen LogP contribution in [0.3, 0.4) is 0 Å². The van der Waals surface area contributed by atoms with Crippen molar-refractivity contribution >= 4 is 12.0 Å². The highest BCUT2D eigenvalue weighted by Gasteiger charge is 2.12. The monoisotopic (exact) mass is 219 g/mol. The zero-order chi connectivity index (χ0) is 11.5. The summed E-state index contributed by atoms with van der Waals surface area (Å²) >= 11 is 0. The fraction of sp³-hybridized carbons (Fsp3) is 0.250. The van der Waals surface area contributed by atoms with Crippen molar-refractivity contribution in [3.63, 3.8) is 0 Å². The molecule has 1 aromatic carbocycles. The molecule has 0 bridgehead atoms. The highest BCUT2D eigenvalue weighted by molar-refractivity contribution is 5.91. The molecule has 2 rings (SSSR count). The first kappa shape index (κ1) is 10.5. The fourth-order valence-electron chi connectivity index (χ4n) is 1.33. The Hall–Kier alpha value is -1.97. The van der Waals surface area contributed by atoms with E-state index in [2.05, 4.69) is 0 Å². The predicted octanol–water partition coefficient (Wildman–Crippen LogP) is 1.52. The number of carbonyl (C=O) groups excluding carboxylic acids is 1. The Morgan fingerprint density at radius 3 is 2.81 bits per heavy atom. The fourth-order valence-corrected chi connectivity index (χ4v) is 1.33. The zero-order valence-electron chi connectivity index (χ0n) is 9.27. The lowest BCUT2D eigenvalue weighted by atomic mass is 10.2. The summed E-state index contributed by atoms with van der Waals surface area (Å²) in [5.74, 6) is 1.42. The minimum absolute atomic E-state index is 0.0438. The van der Waals surface area contributed by atoms with Crippen molar-refractivity contribution in [3.8, 4) is 11.5 Å². The number of hydrogen-bond donors (Lipinski definition) is 0. The van der Waals surface area contributed by atoms with E-state index in [1.807, 2.05) is 18.2 Å². The van der Waals surface area contributed by atoms with E-state index in [1.165, 1.54) is 11.0 Å². The molecule has 0 fully saturated rings. The largest absolute Gasteiger partial charge is 0.454 e. The van der Waals surface area contributed by atoms with E-state index in [0.717, 1.165) is 17.1 Å². The molecule has 0 aliphatic carbocycles. The van der Waals surface area contributed by atoms with Crippen LogP contribution in [0.4, 0.5) is 0 Å². The van der Waals surface area contributed by atoms with Crippen molar-refractivity contribution in [2.75, 3.05) is 20.9 Å². The van der Waals surface area contributed by atoms with E-state index in [9.17, 15) is 4.79 Å². The van der Waals surface area contributed by atoms with Crippen LogP contribution < -0.4 is 9.47 Å². The van der Waals surface area contributed by atoms with E-state index >= 15 is 0 Å². The molecule has 4 nitrogen and oxygen atoms in total. The van der Waals surface area contributed by atoms with Crippen LogP contribution >= 0.6 is 0 Å². The van der Waals surface area contributed by atoms with Crippen LogP contribution in [0.25, 0.3) is 6.08 Å². The van der Waals surface area contributed by atoms with Crippen molar-refractivity contribution in [2.24, 2.45) is 0 Å². The van der Waals surface area contributed by atoms with Gasteiger partial charge in [-0.2, -0.15) is 0 Å². The van der Waals surface area contributed by atoms with Crippen LogP contribution in [-0.2, 0) is 4.79 Å². The van der Waals surface area contributed by atoms with Gasteiger partial charge in [0.05, 0.1) is 0 Å². The number of likely N-dealkylation sites (N-methyl/N-ethyl adjacent to an activating group) is 1. The molecule has 84 valence electrons. The van der Waals surface area contributed by atoms with Crippen LogP contribution in [0.2, 0.25) is 0 Å². The van der Waals surface area contributed by atoms with Crippen LogP contribution in [0, 0.1) is 0 Å². The molecule has 0 saturated heterocycles. The normalized spacial score (nSPS) is 13.1. The molecule has 16 heavy (non-hydrogen) atoms. The topological polar surface area (TPSA) is 38.8 Å². The van der Waals surface area contributed by atoms with E-state index in [-0.39, 0.29) is 12.7 Å². The minimum Gasteiger partial charge on any atom is -0.454 e. The van der Waals surface area contributed by atoms with E-state index in [1.54, 1.807) is 20.2 Å². The van der Waals surface area contributed by atoms with Crippen molar-refractivity contribution in [2.45, 2.75) is 0 Å². The average molecular weight is 219 g/mol. The molecule has 4 heteroatoms.